The summed E-state index contributed by atoms with van der Waals surface area (Å²) in [4.78, 5) is 39.3. The lowest BCUT2D eigenvalue weighted by molar-refractivity contribution is -0.130. The van der Waals surface area contributed by atoms with Crippen LogP contribution in [0.2, 0.25) is 5.02 Å². The van der Waals surface area contributed by atoms with E-state index >= 15 is 0 Å². The fourth-order valence-electron chi connectivity index (χ4n) is 3.90. The van der Waals surface area contributed by atoms with Crippen LogP contribution in [0.4, 0.5) is 4.79 Å². The van der Waals surface area contributed by atoms with E-state index in [4.69, 9.17) is 25.8 Å². The molecule has 1 fully saturated rings. The Bertz CT molecular complexity index is 1420. The molecular formula is C30H29ClN2O6. The molecule has 1 N–H and O–H groups in total. The highest BCUT2D eigenvalue weighted by atomic mass is 35.5. The minimum Gasteiger partial charge on any atom is -0.493 e. The third-order valence-corrected chi connectivity index (χ3v) is 6.29. The van der Waals surface area contributed by atoms with Crippen LogP contribution in [-0.2, 0) is 22.7 Å². The molecule has 4 rings (SSSR count). The summed E-state index contributed by atoms with van der Waals surface area (Å²) < 4.78 is 16.9. The summed E-state index contributed by atoms with van der Waals surface area (Å²) in [7, 11) is 1.51. The number of carbonyl (C=O) groups excluding carboxylic acids is 3. The van der Waals surface area contributed by atoms with Crippen molar-refractivity contribution in [1.29, 1.82) is 0 Å². The van der Waals surface area contributed by atoms with Gasteiger partial charge < -0.3 is 14.2 Å². The quantitative estimate of drug-likeness (QED) is 0.258. The second-order valence-electron chi connectivity index (χ2n) is 9.01. The number of methoxy groups -OCH3 is 1. The van der Waals surface area contributed by atoms with Gasteiger partial charge >= 0.3 is 6.03 Å². The van der Waals surface area contributed by atoms with Gasteiger partial charge in [-0.05, 0) is 60.4 Å². The van der Waals surface area contributed by atoms with Crippen molar-refractivity contribution in [3.05, 3.63) is 93.5 Å². The van der Waals surface area contributed by atoms with E-state index in [0.717, 1.165) is 22.4 Å². The van der Waals surface area contributed by atoms with Crippen LogP contribution < -0.4 is 19.5 Å². The number of nitrogens with one attached hydrogen (secondary N) is 1. The minimum atomic E-state index is -0.801. The van der Waals surface area contributed by atoms with Crippen LogP contribution in [-0.4, -0.2) is 36.5 Å². The number of hydrogen-bond acceptors (Lipinski definition) is 6. The van der Waals surface area contributed by atoms with Gasteiger partial charge in [0.25, 0.3) is 11.8 Å². The van der Waals surface area contributed by atoms with Gasteiger partial charge in [-0.25, -0.2) is 4.79 Å². The zero-order chi connectivity index (χ0) is 27.9. The van der Waals surface area contributed by atoms with E-state index in [1.54, 1.807) is 36.4 Å². The lowest BCUT2D eigenvalue weighted by Crippen LogP contribution is -2.53. The van der Waals surface area contributed by atoms with E-state index in [0.29, 0.717) is 46.6 Å². The van der Waals surface area contributed by atoms with Gasteiger partial charge in [0.05, 0.1) is 25.3 Å². The number of halogens is 1. The fourth-order valence-corrected chi connectivity index (χ4v) is 4.14. The largest absolute Gasteiger partial charge is 0.493 e. The number of benzene rings is 3. The zero-order valence-corrected chi connectivity index (χ0v) is 22.7. The third kappa shape index (κ3) is 6.78. The SMILES string of the molecule is CCCOc1ccc(CN2C(=O)NC(=O)/C(=C\c3ccc(OCc4ccc(C)cc4)c(Cl)c3)C2=O)cc1OC. The van der Waals surface area contributed by atoms with Gasteiger partial charge in [0.2, 0.25) is 0 Å². The van der Waals surface area contributed by atoms with Crippen molar-refractivity contribution in [2.75, 3.05) is 13.7 Å². The van der Waals surface area contributed by atoms with Crippen molar-refractivity contribution in [3.8, 4) is 17.2 Å². The van der Waals surface area contributed by atoms with Crippen molar-refractivity contribution in [1.82, 2.24) is 10.2 Å². The van der Waals surface area contributed by atoms with Gasteiger partial charge in [-0.2, -0.15) is 0 Å². The lowest BCUT2D eigenvalue weighted by Gasteiger charge is -2.26. The highest BCUT2D eigenvalue weighted by molar-refractivity contribution is 6.33. The number of barbiturate groups is 1. The molecule has 3 aromatic rings. The maximum Gasteiger partial charge on any atom is 0.331 e. The van der Waals surface area contributed by atoms with Crippen molar-refractivity contribution < 1.29 is 28.6 Å². The van der Waals surface area contributed by atoms with Gasteiger partial charge in [-0.15, -0.1) is 0 Å². The summed E-state index contributed by atoms with van der Waals surface area (Å²) in [5.74, 6) is 0.0205. The molecule has 8 nitrogen and oxygen atoms in total. The average Bonchev–Trinajstić information content (AvgIpc) is 2.93. The first-order valence-electron chi connectivity index (χ1n) is 12.5. The van der Waals surface area contributed by atoms with E-state index in [-0.39, 0.29) is 12.1 Å². The van der Waals surface area contributed by atoms with Crippen LogP contribution in [0.25, 0.3) is 6.08 Å². The van der Waals surface area contributed by atoms with E-state index in [1.807, 2.05) is 38.1 Å². The number of hydrogen-bond donors (Lipinski definition) is 1. The standard InChI is InChI=1S/C30H29ClN2O6/c1-4-13-38-26-12-10-22(16-27(26)37-3)17-33-29(35)23(28(34)32-30(33)36)14-21-9-11-25(24(31)15-21)39-18-20-7-5-19(2)6-8-20/h5-12,14-16H,4,13,17-18H2,1-3H3,(H,32,34,36)/b23-14+. The molecule has 1 heterocycles. The number of aryl methyl sites for hydroxylation is 1. The Balaban J connectivity index is 1.50. The number of nitrogens with zero attached hydrogens (tertiary/aromatic N) is 1. The predicted octanol–water partition coefficient (Wildman–Crippen LogP) is 5.69. The summed E-state index contributed by atoms with van der Waals surface area (Å²) in [6, 6.07) is 17.3. The van der Waals surface area contributed by atoms with E-state index in [1.165, 1.54) is 13.2 Å². The smallest absolute Gasteiger partial charge is 0.331 e. The molecule has 0 radical (unpaired) electrons. The molecule has 1 aliphatic heterocycles. The number of carbonyl (C=O) groups is 3. The molecule has 0 spiro atoms. The van der Waals surface area contributed by atoms with Crippen molar-refractivity contribution in [2.45, 2.75) is 33.4 Å². The Kier molecular flexibility index (Phi) is 8.88. The van der Waals surface area contributed by atoms with Crippen LogP contribution in [0.5, 0.6) is 17.2 Å². The predicted molar refractivity (Wildman–Crippen MR) is 148 cm³/mol. The monoisotopic (exact) mass is 548 g/mol. The van der Waals surface area contributed by atoms with Crippen molar-refractivity contribution in [2.24, 2.45) is 0 Å². The molecule has 0 unspecified atom stereocenters. The number of rotatable bonds is 10. The molecule has 0 saturated carbocycles. The van der Waals surface area contributed by atoms with Crippen LogP contribution in [0.3, 0.4) is 0 Å². The Morgan fingerprint density at radius 2 is 1.62 bits per heavy atom. The maximum absolute atomic E-state index is 13.2. The lowest BCUT2D eigenvalue weighted by atomic mass is 10.1. The molecule has 1 saturated heterocycles. The molecule has 39 heavy (non-hydrogen) atoms. The Morgan fingerprint density at radius 3 is 2.31 bits per heavy atom. The summed E-state index contributed by atoms with van der Waals surface area (Å²) in [5.41, 5.74) is 3.11. The second kappa shape index (κ2) is 12.5. The van der Waals surface area contributed by atoms with Crippen molar-refractivity contribution >= 4 is 35.5 Å². The third-order valence-electron chi connectivity index (χ3n) is 6.00. The number of urea groups is 1. The summed E-state index contributed by atoms with van der Waals surface area (Å²) >= 11 is 6.42. The van der Waals surface area contributed by atoms with Gasteiger partial charge in [-0.1, -0.05) is 60.5 Å². The maximum atomic E-state index is 13.2. The molecule has 0 aromatic heterocycles. The van der Waals surface area contributed by atoms with E-state index < -0.39 is 17.8 Å². The Labute approximate surface area is 232 Å². The minimum absolute atomic E-state index is 0.0632. The fraction of sp³-hybridized carbons (Fsp3) is 0.233. The molecule has 4 amide bonds. The number of amides is 4. The van der Waals surface area contributed by atoms with Crippen molar-refractivity contribution in [3.63, 3.8) is 0 Å². The van der Waals surface area contributed by atoms with Gasteiger partial charge in [0, 0.05) is 0 Å². The first kappa shape index (κ1) is 27.7. The molecule has 202 valence electrons. The highest BCUT2D eigenvalue weighted by Gasteiger charge is 2.35. The first-order valence-corrected chi connectivity index (χ1v) is 12.8. The van der Waals surface area contributed by atoms with E-state index in [2.05, 4.69) is 5.32 Å². The van der Waals surface area contributed by atoms with Gasteiger partial charge in [-0.3, -0.25) is 19.8 Å². The molecule has 3 aromatic carbocycles. The number of imide groups is 2. The first-order chi connectivity index (χ1) is 18.8. The van der Waals surface area contributed by atoms with E-state index in [9.17, 15) is 14.4 Å². The molecule has 9 heteroatoms. The molecule has 1 aliphatic rings. The summed E-state index contributed by atoms with van der Waals surface area (Å²) in [5, 5.41) is 2.56. The summed E-state index contributed by atoms with van der Waals surface area (Å²) in [6.45, 7) is 4.82. The number of ether oxygens (including phenoxy) is 3. The van der Waals surface area contributed by atoms with Gasteiger partial charge in [0.15, 0.2) is 11.5 Å². The Hall–Kier alpha value is -4.30. The molecule has 0 bridgehead atoms. The molecule has 0 atom stereocenters. The van der Waals surface area contributed by atoms with Crippen LogP contribution in [0.15, 0.2) is 66.2 Å². The highest BCUT2D eigenvalue weighted by Crippen LogP contribution is 2.30. The summed E-state index contributed by atoms with van der Waals surface area (Å²) in [6.07, 6.45) is 2.24. The Morgan fingerprint density at radius 1 is 0.897 bits per heavy atom. The van der Waals surface area contributed by atoms with Crippen LogP contribution in [0.1, 0.15) is 35.6 Å². The normalized spacial score (nSPS) is 14.4. The molecule has 0 aliphatic carbocycles. The topological polar surface area (TPSA) is 94.2 Å². The molecular weight excluding hydrogens is 520 g/mol. The van der Waals surface area contributed by atoms with Gasteiger partial charge in [0.1, 0.15) is 17.9 Å². The van der Waals surface area contributed by atoms with Crippen LogP contribution >= 0.6 is 11.6 Å². The average molecular weight is 549 g/mol. The second-order valence-corrected chi connectivity index (χ2v) is 9.41. The zero-order valence-electron chi connectivity index (χ0n) is 22.0. The van der Waals surface area contributed by atoms with Crippen LogP contribution in [0, 0.1) is 6.92 Å².